The number of ketones is 1. The van der Waals surface area contributed by atoms with Crippen molar-refractivity contribution in [1.29, 1.82) is 0 Å². The Balaban J connectivity index is 2.47. The summed E-state index contributed by atoms with van der Waals surface area (Å²) in [6, 6.07) is 5.43. The van der Waals surface area contributed by atoms with E-state index >= 15 is 0 Å². The van der Waals surface area contributed by atoms with Gasteiger partial charge in [-0.05, 0) is 44.0 Å². The fourth-order valence-corrected chi connectivity index (χ4v) is 2.50. The zero-order chi connectivity index (χ0) is 12.6. The second-order valence-corrected chi connectivity index (χ2v) is 5.24. The Morgan fingerprint density at radius 1 is 1.41 bits per heavy atom. The van der Waals surface area contributed by atoms with Gasteiger partial charge in [0.1, 0.15) is 0 Å². The molecule has 2 rings (SSSR count). The number of rotatable bonds is 2. The number of amides is 1. The van der Waals surface area contributed by atoms with Gasteiger partial charge in [0.05, 0.1) is 6.04 Å². The van der Waals surface area contributed by atoms with Crippen molar-refractivity contribution in [3.05, 3.63) is 28.2 Å². The number of anilines is 1. The maximum atomic E-state index is 11.9. The van der Waals surface area contributed by atoms with Gasteiger partial charge in [-0.15, -0.1) is 0 Å². The average molecular weight is 296 g/mol. The van der Waals surface area contributed by atoms with Crippen LogP contribution >= 0.6 is 15.9 Å². The molecule has 0 aliphatic carbocycles. The normalized spacial score (nSPS) is 16.6. The minimum atomic E-state index is -0.386. The molecule has 0 bridgehead atoms. The van der Waals surface area contributed by atoms with Crippen LogP contribution in [0.4, 0.5) is 5.69 Å². The minimum Gasteiger partial charge on any atom is -0.302 e. The van der Waals surface area contributed by atoms with Gasteiger partial charge in [-0.1, -0.05) is 15.9 Å². The van der Waals surface area contributed by atoms with Crippen molar-refractivity contribution in [2.45, 2.75) is 32.7 Å². The van der Waals surface area contributed by atoms with E-state index in [1.165, 1.54) is 6.92 Å². The third kappa shape index (κ3) is 2.27. The molecular formula is C13H14BrNO2. The van der Waals surface area contributed by atoms with E-state index < -0.39 is 0 Å². The Morgan fingerprint density at radius 2 is 2.12 bits per heavy atom. The molecule has 0 aromatic heterocycles. The van der Waals surface area contributed by atoms with Crippen LogP contribution < -0.4 is 4.90 Å². The van der Waals surface area contributed by atoms with Gasteiger partial charge in [0.15, 0.2) is 5.78 Å². The molecule has 1 amide bonds. The van der Waals surface area contributed by atoms with Crippen molar-refractivity contribution in [2.24, 2.45) is 0 Å². The van der Waals surface area contributed by atoms with Gasteiger partial charge in [0, 0.05) is 16.6 Å². The second kappa shape index (κ2) is 4.61. The Morgan fingerprint density at radius 3 is 2.76 bits per heavy atom. The molecule has 0 saturated carbocycles. The molecule has 1 aromatic carbocycles. The molecule has 1 aliphatic rings. The highest BCUT2D eigenvalue weighted by Crippen LogP contribution is 2.31. The molecule has 0 saturated heterocycles. The summed E-state index contributed by atoms with van der Waals surface area (Å²) in [5.74, 6) is 0.0386. The van der Waals surface area contributed by atoms with Gasteiger partial charge in [-0.3, -0.25) is 9.59 Å². The molecule has 1 atom stereocenters. The average Bonchev–Trinajstić information content (AvgIpc) is 2.28. The number of aryl methyl sites for hydroxylation is 1. The van der Waals surface area contributed by atoms with Gasteiger partial charge in [0.2, 0.25) is 5.91 Å². The first-order valence-corrected chi connectivity index (χ1v) is 6.41. The zero-order valence-electron chi connectivity index (χ0n) is 9.87. The number of carbonyl (C=O) groups is 2. The lowest BCUT2D eigenvalue weighted by Gasteiger charge is -2.33. The van der Waals surface area contributed by atoms with Gasteiger partial charge in [-0.2, -0.15) is 0 Å². The van der Waals surface area contributed by atoms with Gasteiger partial charge < -0.3 is 4.90 Å². The maximum Gasteiger partial charge on any atom is 0.227 e. The summed E-state index contributed by atoms with van der Waals surface area (Å²) in [5, 5.41) is 0. The SMILES string of the molecule is CC(=O)C(C)N1C(=O)CCc2cc(Br)ccc21. The van der Waals surface area contributed by atoms with Crippen molar-refractivity contribution in [3.63, 3.8) is 0 Å². The van der Waals surface area contributed by atoms with Crippen molar-refractivity contribution in [3.8, 4) is 0 Å². The Hall–Kier alpha value is -1.16. The lowest BCUT2D eigenvalue weighted by atomic mass is 9.99. The van der Waals surface area contributed by atoms with Crippen LogP contribution in [0.3, 0.4) is 0 Å². The number of hydrogen-bond acceptors (Lipinski definition) is 2. The molecular weight excluding hydrogens is 282 g/mol. The summed E-state index contributed by atoms with van der Waals surface area (Å²) in [5.41, 5.74) is 1.99. The molecule has 1 unspecified atom stereocenters. The summed E-state index contributed by atoms with van der Waals surface area (Å²) in [6.45, 7) is 3.29. The fourth-order valence-electron chi connectivity index (χ4n) is 2.09. The molecule has 1 heterocycles. The van der Waals surface area contributed by atoms with Crippen LogP contribution in [-0.2, 0) is 16.0 Å². The van der Waals surface area contributed by atoms with Crippen LogP contribution in [0.5, 0.6) is 0 Å². The summed E-state index contributed by atoms with van der Waals surface area (Å²) >= 11 is 3.42. The first kappa shape index (κ1) is 12.3. The first-order chi connectivity index (χ1) is 8.00. The van der Waals surface area contributed by atoms with E-state index in [4.69, 9.17) is 0 Å². The maximum absolute atomic E-state index is 11.9. The molecule has 0 radical (unpaired) electrons. The standard InChI is InChI=1S/C13H14BrNO2/c1-8(9(2)16)15-12-5-4-11(14)7-10(12)3-6-13(15)17/h4-5,7-8H,3,6H2,1-2H3. The highest BCUT2D eigenvalue weighted by Gasteiger charge is 2.30. The molecule has 17 heavy (non-hydrogen) atoms. The Kier molecular flexibility index (Phi) is 3.33. The molecule has 0 N–H and O–H groups in total. The van der Waals surface area contributed by atoms with E-state index in [9.17, 15) is 9.59 Å². The van der Waals surface area contributed by atoms with Crippen LogP contribution in [0, 0.1) is 0 Å². The molecule has 0 spiro atoms. The third-order valence-electron chi connectivity index (χ3n) is 3.15. The highest BCUT2D eigenvalue weighted by molar-refractivity contribution is 9.10. The van der Waals surface area contributed by atoms with Crippen molar-refractivity contribution >= 4 is 33.3 Å². The zero-order valence-corrected chi connectivity index (χ0v) is 11.5. The molecule has 0 fully saturated rings. The van der Waals surface area contributed by atoms with E-state index in [0.717, 1.165) is 22.1 Å². The van der Waals surface area contributed by atoms with E-state index in [-0.39, 0.29) is 17.7 Å². The topological polar surface area (TPSA) is 37.4 Å². The van der Waals surface area contributed by atoms with E-state index in [1.54, 1.807) is 11.8 Å². The van der Waals surface area contributed by atoms with Gasteiger partial charge in [0.25, 0.3) is 0 Å². The molecule has 4 heteroatoms. The summed E-state index contributed by atoms with van der Waals surface area (Å²) in [4.78, 5) is 25.0. The van der Waals surface area contributed by atoms with Crippen molar-refractivity contribution in [1.82, 2.24) is 0 Å². The van der Waals surface area contributed by atoms with E-state index in [1.807, 2.05) is 18.2 Å². The van der Waals surface area contributed by atoms with Gasteiger partial charge in [-0.25, -0.2) is 0 Å². The fraction of sp³-hybridized carbons (Fsp3) is 0.385. The van der Waals surface area contributed by atoms with Crippen LogP contribution in [0.15, 0.2) is 22.7 Å². The number of fused-ring (bicyclic) bond motifs is 1. The predicted molar refractivity (Wildman–Crippen MR) is 70.1 cm³/mol. The Bertz CT molecular complexity index is 484. The van der Waals surface area contributed by atoms with Crippen LogP contribution in [0.25, 0.3) is 0 Å². The number of Topliss-reactive ketones (excluding diaryl/α,β-unsaturated/α-hetero) is 1. The molecule has 1 aromatic rings. The largest absolute Gasteiger partial charge is 0.302 e. The minimum absolute atomic E-state index is 0.00844. The van der Waals surface area contributed by atoms with E-state index in [0.29, 0.717) is 6.42 Å². The quantitative estimate of drug-likeness (QED) is 0.841. The highest BCUT2D eigenvalue weighted by atomic mass is 79.9. The summed E-state index contributed by atoms with van der Waals surface area (Å²) in [6.07, 6.45) is 1.22. The smallest absolute Gasteiger partial charge is 0.227 e. The lowest BCUT2D eigenvalue weighted by molar-refractivity contribution is -0.124. The van der Waals surface area contributed by atoms with Crippen LogP contribution in [0.2, 0.25) is 0 Å². The Labute approximate surface area is 109 Å². The number of carbonyl (C=O) groups excluding carboxylic acids is 2. The lowest BCUT2D eigenvalue weighted by Crippen LogP contribution is -2.45. The van der Waals surface area contributed by atoms with Crippen molar-refractivity contribution < 1.29 is 9.59 Å². The monoisotopic (exact) mass is 295 g/mol. The molecule has 3 nitrogen and oxygen atoms in total. The number of benzene rings is 1. The van der Waals surface area contributed by atoms with Crippen LogP contribution in [-0.4, -0.2) is 17.7 Å². The predicted octanol–water partition coefficient (Wildman–Crippen LogP) is 2.71. The molecule has 90 valence electrons. The number of halogens is 1. The van der Waals surface area contributed by atoms with Gasteiger partial charge >= 0.3 is 0 Å². The number of hydrogen-bond donors (Lipinski definition) is 0. The van der Waals surface area contributed by atoms with Crippen molar-refractivity contribution in [2.75, 3.05) is 4.90 Å². The van der Waals surface area contributed by atoms with Crippen LogP contribution in [0.1, 0.15) is 25.8 Å². The van der Waals surface area contributed by atoms with E-state index in [2.05, 4.69) is 15.9 Å². The summed E-state index contributed by atoms with van der Waals surface area (Å²) < 4.78 is 1.00. The third-order valence-corrected chi connectivity index (χ3v) is 3.65. The molecule has 1 aliphatic heterocycles. The number of nitrogens with zero attached hydrogens (tertiary/aromatic N) is 1. The first-order valence-electron chi connectivity index (χ1n) is 5.61. The summed E-state index contributed by atoms with van der Waals surface area (Å²) in [7, 11) is 0. The second-order valence-electron chi connectivity index (χ2n) is 4.32.